The highest BCUT2D eigenvalue weighted by atomic mass is 15.0. The van der Waals surface area contributed by atoms with E-state index in [1.807, 2.05) is 24.5 Å². The van der Waals surface area contributed by atoms with E-state index >= 15 is 0 Å². The van der Waals surface area contributed by atoms with Gasteiger partial charge in [-0.15, -0.1) is 0 Å². The molecular formula is C48H31N5. The van der Waals surface area contributed by atoms with Crippen LogP contribution >= 0.6 is 0 Å². The third-order valence-electron chi connectivity index (χ3n) is 9.97. The third kappa shape index (κ3) is 5.52. The predicted molar refractivity (Wildman–Crippen MR) is 217 cm³/mol. The second-order valence-corrected chi connectivity index (χ2v) is 13.2. The van der Waals surface area contributed by atoms with E-state index in [1.165, 1.54) is 21.8 Å². The quantitative estimate of drug-likeness (QED) is 0.176. The molecule has 0 amide bonds. The lowest BCUT2D eigenvalue weighted by atomic mass is 9.98. The van der Waals surface area contributed by atoms with Gasteiger partial charge in [0.1, 0.15) is 0 Å². The Hall–Kier alpha value is -7.24. The van der Waals surface area contributed by atoms with E-state index in [0.717, 1.165) is 66.9 Å². The number of nitrogens with zero attached hydrogens (tertiary/aromatic N) is 5. The minimum atomic E-state index is 0.667. The van der Waals surface area contributed by atoms with E-state index in [9.17, 15) is 0 Å². The van der Waals surface area contributed by atoms with Gasteiger partial charge in [-0.2, -0.15) is 0 Å². The van der Waals surface area contributed by atoms with Crippen LogP contribution in [0, 0.1) is 0 Å². The van der Waals surface area contributed by atoms with E-state index < -0.39 is 0 Å². The molecule has 248 valence electrons. The summed E-state index contributed by atoms with van der Waals surface area (Å²) in [5, 5.41) is 3.59. The minimum absolute atomic E-state index is 0.667. The van der Waals surface area contributed by atoms with Gasteiger partial charge in [0.2, 0.25) is 0 Å². The first kappa shape index (κ1) is 30.6. The van der Waals surface area contributed by atoms with Crippen LogP contribution in [0.15, 0.2) is 188 Å². The molecule has 0 radical (unpaired) electrons. The van der Waals surface area contributed by atoms with Crippen LogP contribution in [0.5, 0.6) is 0 Å². The zero-order valence-corrected chi connectivity index (χ0v) is 28.6. The summed E-state index contributed by atoms with van der Waals surface area (Å²) >= 11 is 0. The minimum Gasteiger partial charge on any atom is -0.309 e. The fourth-order valence-electron chi connectivity index (χ4n) is 7.38. The molecule has 0 atom stereocenters. The standard InChI is InChI=1S/C48H31N5/c1-3-17-45-41(14-1)42-15-2-4-18-46(42)53(45)39-25-23-35(24-26-39)48-51-43(33-21-19-32(20-22-33)38-13-7-27-49-31-38)30-44(52-48)37-11-5-10-36(29-37)40-16-6-9-34-12-8-28-50-47(34)40/h1-31H. The van der Waals surface area contributed by atoms with Crippen LogP contribution in [0.25, 0.3) is 94.6 Å². The second-order valence-electron chi connectivity index (χ2n) is 13.2. The normalized spacial score (nSPS) is 11.4. The molecule has 0 bridgehead atoms. The summed E-state index contributed by atoms with van der Waals surface area (Å²) in [4.78, 5) is 19.4. The number of rotatable bonds is 6. The summed E-state index contributed by atoms with van der Waals surface area (Å²) in [6.45, 7) is 0. The number of para-hydroxylation sites is 3. The fraction of sp³-hybridized carbons (Fsp3) is 0. The first-order chi connectivity index (χ1) is 26.3. The molecule has 6 aromatic carbocycles. The molecule has 0 saturated heterocycles. The average molecular weight is 678 g/mol. The molecule has 5 nitrogen and oxygen atoms in total. The van der Waals surface area contributed by atoms with E-state index in [2.05, 4.69) is 167 Å². The maximum absolute atomic E-state index is 5.21. The zero-order valence-electron chi connectivity index (χ0n) is 28.6. The number of benzene rings is 6. The van der Waals surface area contributed by atoms with Crippen molar-refractivity contribution in [2.24, 2.45) is 0 Å². The number of hydrogen-bond acceptors (Lipinski definition) is 4. The Morgan fingerprint density at radius 1 is 0.415 bits per heavy atom. The highest BCUT2D eigenvalue weighted by Gasteiger charge is 2.15. The van der Waals surface area contributed by atoms with Crippen LogP contribution in [-0.2, 0) is 0 Å². The molecule has 0 fully saturated rings. The number of hydrogen-bond donors (Lipinski definition) is 0. The van der Waals surface area contributed by atoms with E-state index in [-0.39, 0.29) is 0 Å². The Labute approximate surface area is 306 Å². The lowest BCUT2D eigenvalue weighted by molar-refractivity contribution is 1.16. The Bertz CT molecular complexity index is 2870. The van der Waals surface area contributed by atoms with Gasteiger partial charge in [-0.1, -0.05) is 109 Å². The molecular weight excluding hydrogens is 647 g/mol. The Morgan fingerprint density at radius 2 is 1.04 bits per heavy atom. The van der Waals surface area contributed by atoms with Crippen molar-refractivity contribution in [2.75, 3.05) is 0 Å². The molecule has 0 unspecified atom stereocenters. The molecule has 0 N–H and O–H groups in total. The summed E-state index contributed by atoms with van der Waals surface area (Å²) < 4.78 is 2.33. The summed E-state index contributed by atoms with van der Waals surface area (Å²) in [5.41, 5.74) is 13.5. The molecule has 0 aliphatic carbocycles. The molecule has 0 saturated carbocycles. The molecule has 10 rings (SSSR count). The number of fused-ring (bicyclic) bond motifs is 4. The van der Waals surface area contributed by atoms with Crippen LogP contribution in [0.1, 0.15) is 0 Å². The van der Waals surface area contributed by atoms with Crippen LogP contribution in [-0.4, -0.2) is 24.5 Å². The van der Waals surface area contributed by atoms with Crippen molar-refractivity contribution in [2.45, 2.75) is 0 Å². The monoisotopic (exact) mass is 677 g/mol. The second kappa shape index (κ2) is 12.8. The Balaban J connectivity index is 1.09. The molecule has 53 heavy (non-hydrogen) atoms. The third-order valence-corrected chi connectivity index (χ3v) is 9.97. The maximum atomic E-state index is 5.21. The molecule has 10 aromatic rings. The van der Waals surface area contributed by atoms with Crippen molar-refractivity contribution < 1.29 is 0 Å². The summed E-state index contributed by atoms with van der Waals surface area (Å²) in [6, 6.07) is 59.3. The molecule has 0 aliphatic heterocycles. The van der Waals surface area contributed by atoms with Crippen molar-refractivity contribution in [1.82, 2.24) is 24.5 Å². The van der Waals surface area contributed by atoms with Gasteiger partial charge in [-0.05, 0) is 77.4 Å². The SMILES string of the molecule is c1cncc(-c2ccc(-c3cc(-c4cccc(-c5cccc6cccnc56)c4)nc(-c4ccc(-n5c6ccccc6c6ccccc65)cc4)n3)cc2)c1. The van der Waals surface area contributed by atoms with Crippen molar-refractivity contribution in [1.29, 1.82) is 0 Å². The predicted octanol–water partition coefficient (Wildman–Crippen LogP) is 11.9. The molecule has 0 spiro atoms. The highest BCUT2D eigenvalue weighted by Crippen LogP contribution is 2.35. The maximum Gasteiger partial charge on any atom is 0.160 e. The fourth-order valence-corrected chi connectivity index (χ4v) is 7.38. The number of pyridine rings is 2. The van der Waals surface area contributed by atoms with Crippen molar-refractivity contribution in [3.8, 4) is 61.8 Å². The van der Waals surface area contributed by atoms with Gasteiger partial charge in [0.05, 0.1) is 27.9 Å². The van der Waals surface area contributed by atoms with Crippen LogP contribution in [0.3, 0.4) is 0 Å². The van der Waals surface area contributed by atoms with Crippen LogP contribution in [0.4, 0.5) is 0 Å². The van der Waals surface area contributed by atoms with Gasteiger partial charge in [-0.25, -0.2) is 9.97 Å². The van der Waals surface area contributed by atoms with Gasteiger partial charge in [0.15, 0.2) is 5.82 Å². The smallest absolute Gasteiger partial charge is 0.160 e. The number of aromatic nitrogens is 5. The summed E-state index contributed by atoms with van der Waals surface area (Å²) in [6.07, 6.45) is 5.53. The highest BCUT2D eigenvalue weighted by molar-refractivity contribution is 6.09. The summed E-state index contributed by atoms with van der Waals surface area (Å²) in [7, 11) is 0. The molecule has 4 heterocycles. The van der Waals surface area contributed by atoms with Crippen molar-refractivity contribution >= 4 is 32.7 Å². The topological polar surface area (TPSA) is 56.5 Å². The van der Waals surface area contributed by atoms with E-state index in [0.29, 0.717) is 5.82 Å². The summed E-state index contributed by atoms with van der Waals surface area (Å²) in [5.74, 6) is 0.667. The first-order valence-corrected chi connectivity index (χ1v) is 17.7. The molecule has 5 heteroatoms. The van der Waals surface area contributed by atoms with Crippen LogP contribution < -0.4 is 0 Å². The van der Waals surface area contributed by atoms with Crippen LogP contribution in [0.2, 0.25) is 0 Å². The van der Waals surface area contributed by atoms with Gasteiger partial charge >= 0.3 is 0 Å². The van der Waals surface area contributed by atoms with E-state index in [4.69, 9.17) is 15.0 Å². The largest absolute Gasteiger partial charge is 0.309 e. The molecule has 0 aliphatic rings. The van der Waals surface area contributed by atoms with Crippen molar-refractivity contribution in [3.05, 3.63) is 188 Å². The van der Waals surface area contributed by atoms with Gasteiger partial charge in [-0.3, -0.25) is 9.97 Å². The Kier molecular flexibility index (Phi) is 7.40. The van der Waals surface area contributed by atoms with E-state index in [1.54, 1.807) is 6.20 Å². The lowest BCUT2D eigenvalue weighted by Crippen LogP contribution is -1.97. The van der Waals surface area contributed by atoms with Gasteiger partial charge in [0, 0.05) is 62.7 Å². The zero-order chi connectivity index (χ0) is 35.1. The Morgan fingerprint density at radius 3 is 1.79 bits per heavy atom. The van der Waals surface area contributed by atoms with Gasteiger partial charge < -0.3 is 4.57 Å². The van der Waals surface area contributed by atoms with Crippen molar-refractivity contribution in [3.63, 3.8) is 0 Å². The first-order valence-electron chi connectivity index (χ1n) is 17.7. The lowest BCUT2D eigenvalue weighted by Gasteiger charge is -2.12. The molecule has 4 aromatic heterocycles. The van der Waals surface area contributed by atoms with Gasteiger partial charge in [0.25, 0.3) is 0 Å². The average Bonchev–Trinajstić information content (AvgIpc) is 3.58.